The summed E-state index contributed by atoms with van der Waals surface area (Å²) in [5.41, 5.74) is -1.54. The van der Waals surface area contributed by atoms with E-state index in [9.17, 15) is 32.9 Å². The van der Waals surface area contributed by atoms with E-state index in [-0.39, 0.29) is 27.5 Å². The van der Waals surface area contributed by atoms with Gasteiger partial charge in [0.15, 0.2) is 0 Å². The van der Waals surface area contributed by atoms with E-state index in [1.54, 1.807) is 19.1 Å². The zero-order valence-electron chi connectivity index (χ0n) is 18.1. The first-order valence-corrected chi connectivity index (χ1v) is 10.4. The van der Waals surface area contributed by atoms with Crippen molar-refractivity contribution in [2.75, 3.05) is 0 Å². The Morgan fingerprint density at radius 2 is 1.69 bits per heavy atom. The Hall–Kier alpha value is -4.38. The normalized spacial score (nSPS) is 11.4. The number of hydrogen-bond acceptors (Lipinski definition) is 7. The Morgan fingerprint density at radius 1 is 1.03 bits per heavy atom. The molecule has 184 valence electrons. The predicted octanol–water partition coefficient (Wildman–Crippen LogP) is 6.69. The number of ether oxygens (including phenoxy) is 2. The minimum Gasteiger partial charge on any atom is -0.449 e. The number of alkyl halides is 3. The second kappa shape index (κ2) is 9.34. The summed E-state index contributed by atoms with van der Waals surface area (Å²) in [5.74, 6) is -4.03. The first kappa shape index (κ1) is 24.7. The van der Waals surface area contributed by atoms with Crippen LogP contribution in [0, 0.1) is 17.0 Å². The van der Waals surface area contributed by atoms with Gasteiger partial charge >= 0.3 is 12.1 Å². The van der Waals surface area contributed by atoms with E-state index in [0.717, 1.165) is 35.9 Å². The lowest BCUT2D eigenvalue weighted by Gasteiger charge is -2.13. The van der Waals surface area contributed by atoms with Crippen molar-refractivity contribution in [1.29, 1.82) is 0 Å². The third-order valence-electron chi connectivity index (χ3n) is 4.91. The second-order valence-corrected chi connectivity index (χ2v) is 7.88. The summed E-state index contributed by atoms with van der Waals surface area (Å²) in [6.07, 6.45) is -5.08. The number of benzene rings is 3. The molecule has 0 amide bonds. The Balaban J connectivity index is 1.73. The van der Waals surface area contributed by atoms with E-state index in [1.807, 2.05) is 0 Å². The SMILES string of the molecule is Cc1ccc(Oc2c(C(F)(F)F)oc3cc(OC(=O)c4ccc(Cl)c([N+](=O)[O-])c4)ccc3c2=O)cc1. The number of nitro groups is 1. The van der Waals surface area contributed by atoms with Crippen molar-refractivity contribution in [3.63, 3.8) is 0 Å². The van der Waals surface area contributed by atoms with Crippen LogP contribution in [-0.2, 0) is 6.18 Å². The number of nitrogens with zero attached hydrogens (tertiary/aromatic N) is 1. The van der Waals surface area contributed by atoms with Gasteiger partial charge in [-0.15, -0.1) is 0 Å². The molecular formula is C24H13ClF3NO7. The Kier molecular flexibility index (Phi) is 6.42. The molecule has 0 atom stereocenters. The van der Waals surface area contributed by atoms with Gasteiger partial charge in [0.25, 0.3) is 11.4 Å². The summed E-state index contributed by atoms with van der Waals surface area (Å²) < 4.78 is 56.5. The van der Waals surface area contributed by atoms with Crippen molar-refractivity contribution < 1.29 is 36.8 Å². The molecule has 0 aliphatic heterocycles. The zero-order chi connectivity index (χ0) is 26.2. The van der Waals surface area contributed by atoms with E-state index in [0.29, 0.717) is 0 Å². The smallest absolute Gasteiger partial charge is 0.449 e. The van der Waals surface area contributed by atoms with Gasteiger partial charge in [-0.25, -0.2) is 4.79 Å². The number of carbonyl (C=O) groups is 1. The highest BCUT2D eigenvalue weighted by atomic mass is 35.5. The van der Waals surface area contributed by atoms with Crippen LogP contribution in [0.25, 0.3) is 11.0 Å². The largest absolute Gasteiger partial charge is 0.453 e. The number of nitro benzene ring substituents is 1. The molecule has 0 radical (unpaired) electrons. The van der Waals surface area contributed by atoms with Crippen molar-refractivity contribution in [2.45, 2.75) is 13.1 Å². The number of hydrogen-bond donors (Lipinski definition) is 0. The molecule has 36 heavy (non-hydrogen) atoms. The predicted molar refractivity (Wildman–Crippen MR) is 122 cm³/mol. The van der Waals surface area contributed by atoms with E-state index < -0.39 is 45.3 Å². The lowest BCUT2D eigenvalue weighted by Crippen LogP contribution is -2.15. The Bertz CT molecular complexity index is 1560. The molecular weight excluding hydrogens is 507 g/mol. The molecule has 0 saturated carbocycles. The standard InChI is InChI=1S/C24H13ClF3NO7/c1-12-2-5-14(6-3-12)34-21-20(30)16-8-7-15(11-19(16)36-22(21)24(26,27)28)35-23(31)13-4-9-17(25)18(10-13)29(32)33/h2-11H,1H3. The maximum absolute atomic E-state index is 13.7. The number of fused-ring (bicyclic) bond motifs is 1. The number of carbonyl (C=O) groups excluding carboxylic acids is 1. The fourth-order valence-corrected chi connectivity index (χ4v) is 3.36. The van der Waals surface area contributed by atoms with Gasteiger partial charge in [-0.05, 0) is 43.3 Å². The van der Waals surface area contributed by atoms with Crippen LogP contribution in [0.2, 0.25) is 5.02 Å². The molecule has 4 aromatic rings. The van der Waals surface area contributed by atoms with E-state index >= 15 is 0 Å². The summed E-state index contributed by atoms with van der Waals surface area (Å²) in [6, 6.07) is 12.4. The highest BCUT2D eigenvalue weighted by Gasteiger charge is 2.40. The van der Waals surface area contributed by atoms with Crippen molar-refractivity contribution in [3.8, 4) is 17.2 Å². The number of esters is 1. The molecule has 12 heteroatoms. The van der Waals surface area contributed by atoms with Crippen LogP contribution in [0.5, 0.6) is 17.2 Å². The van der Waals surface area contributed by atoms with Crippen LogP contribution in [0.15, 0.2) is 69.9 Å². The second-order valence-electron chi connectivity index (χ2n) is 7.47. The Labute approximate surface area is 204 Å². The fourth-order valence-electron chi connectivity index (χ4n) is 3.17. The summed E-state index contributed by atoms with van der Waals surface area (Å²) in [7, 11) is 0. The summed E-state index contributed by atoms with van der Waals surface area (Å²) in [4.78, 5) is 35.6. The van der Waals surface area contributed by atoms with Crippen molar-refractivity contribution in [2.24, 2.45) is 0 Å². The number of rotatable bonds is 5. The highest BCUT2D eigenvalue weighted by molar-refractivity contribution is 6.32. The van der Waals surface area contributed by atoms with Gasteiger partial charge in [0.2, 0.25) is 11.2 Å². The van der Waals surface area contributed by atoms with Crippen LogP contribution in [0.1, 0.15) is 21.7 Å². The lowest BCUT2D eigenvalue weighted by atomic mass is 10.2. The molecule has 0 aliphatic carbocycles. The van der Waals surface area contributed by atoms with Gasteiger partial charge in [0.1, 0.15) is 22.1 Å². The third-order valence-corrected chi connectivity index (χ3v) is 5.23. The van der Waals surface area contributed by atoms with E-state index in [1.165, 1.54) is 18.2 Å². The van der Waals surface area contributed by atoms with Gasteiger partial charge in [-0.3, -0.25) is 14.9 Å². The summed E-state index contributed by atoms with van der Waals surface area (Å²) >= 11 is 5.72. The number of aryl methyl sites for hydroxylation is 1. The molecule has 0 aliphatic rings. The van der Waals surface area contributed by atoms with Gasteiger partial charge in [-0.2, -0.15) is 13.2 Å². The molecule has 0 spiro atoms. The van der Waals surface area contributed by atoms with Gasteiger partial charge in [0, 0.05) is 12.1 Å². The molecule has 0 fully saturated rings. The topological polar surface area (TPSA) is 109 Å². The summed E-state index contributed by atoms with van der Waals surface area (Å²) in [5, 5.41) is 10.6. The minimum atomic E-state index is -5.08. The average Bonchev–Trinajstić information content (AvgIpc) is 2.81. The molecule has 1 heterocycles. The maximum atomic E-state index is 13.7. The first-order valence-electron chi connectivity index (χ1n) is 10.0. The first-order chi connectivity index (χ1) is 16.9. The summed E-state index contributed by atoms with van der Waals surface area (Å²) in [6.45, 7) is 1.77. The van der Waals surface area contributed by atoms with Crippen LogP contribution in [0.4, 0.5) is 18.9 Å². The molecule has 0 bridgehead atoms. The molecule has 0 saturated heterocycles. The molecule has 3 aromatic carbocycles. The van der Waals surface area contributed by atoms with E-state index in [2.05, 4.69) is 0 Å². The zero-order valence-corrected chi connectivity index (χ0v) is 18.8. The molecule has 0 N–H and O–H groups in total. The molecule has 8 nitrogen and oxygen atoms in total. The molecule has 4 rings (SSSR count). The lowest BCUT2D eigenvalue weighted by molar-refractivity contribution is -0.384. The van der Waals surface area contributed by atoms with Crippen LogP contribution < -0.4 is 14.9 Å². The quantitative estimate of drug-likeness (QED) is 0.125. The maximum Gasteiger partial charge on any atom is 0.453 e. The van der Waals surface area contributed by atoms with Gasteiger partial charge in [-0.1, -0.05) is 29.3 Å². The highest BCUT2D eigenvalue weighted by Crippen LogP contribution is 2.38. The molecule has 0 unspecified atom stereocenters. The van der Waals surface area contributed by atoms with Crippen molar-refractivity contribution in [1.82, 2.24) is 0 Å². The van der Waals surface area contributed by atoms with E-state index in [4.69, 9.17) is 25.5 Å². The van der Waals surface area contributed by atoms with Gasteiger partial charge in [0.05, 0.1) is 15.9 Å². The molecule has 1 aromatic heterocycles. The number of halogens is 4. The van der Waals surface area contributed by atoms with Gasteiger partial charge < -0.3 is 13.9 Å². The van der Waals surface area contributed by atoms with Crippen LogP contribution >= 0.6 is 11.6 Å². The van der Waals surface area contributed by atoms with Crippen LogP contribution in [-0.4, -0.2) is 10.9 Å². The minimum absolute atomic E-state index is 0.000332. The third kappa shape index (κ3) is 5.01. The monoisotopic (exact) mass is 519 g/mol. The van der Waals surface area contributed by atoms with Crippen molar-refractivity contribution >= 4 is 34.2 Å². The van der Waals surface area contributed by atoms with Crippen LogP contribution in [0.3, 0.4) is 0 Å². The fraction of sp³-hybridized carbons (Fsp3) is 0.0833. The Morgan fingerprint density at radius 3 is 2.33 bits per heavy atom. The van der Waals surface area contributed by atoms with Crippen molar-refractivity contribution in [3.05, 3.63) is 103 Å². The average molecular weight is 520 g/mol.